The molecule has 0 aliphatic carbocycles. The number of alkyl carbamates (subject to hydrolysis) is 2. The summed E-state index contributed by atoms with van der Waals surface area (Å²) in [7, 11) is 2.58. The third kappa shape index (κ3) is 8.96. The number of carbonyl (C=O) groups is 4. The number of benzene rings is 3. The lowest BCUT2D eigenvalue weighted by atomic mass is 9.92. The van der Waals surface area contributed by atoms with Gasteiger partial charge in [-0.1, -0.05) is 69.3 Å². The fourth-order valence-electron chi connectivity index (χ4n) is 8.39. The molecule has 2 aliphatic heterocycles. The van der Waals surface area contributed by atoms with E-state index in [0.717, 1.165) is 81.7 Å². The van der Waals surface area contributed by atoms with Crippen molar-refractivity contribution in [3.05, 3.63) is 84.7 Å². The predicted molar refractivity (Wildman–Crippen MR) is 225 cm³/mol. The quantitative estimate of drug-likeness (QED) is 0.111. The second-order valence-corrected chi connectivity index (χ2v) is 16.1. The fraction of sp³-hybridized carbons (Fsp3) is 0.422. The van der Waals surface area contributed by atoms with Crippen LogP contribution in [-0.2, 0) is 19.1 Å². The van der Waals surface area contributed by atoms with Crippen molar-refractivity contribution in [3.63, 3.8) is 0 Å². The number of nitrogens with one attached hydrogen (secondary N) is 4. The molecule has 1 unspecified atom stereocenters. The van der Waals surface area contributed by atoms with Crippen LogP contribution in [0, 0.1) is 11.8 Å². The number of fused-ring (bicyclic) bond motifs is 1. The van der Waals surface area contributed by atoms with Crippen LogP contribution in [0.4, 0.5) is 9.59 Å². The van der Waals surface area contributed by atoms with E-state index < -0.39 is 24.3 Å². The van der Waals surface area contributed by atoms with E-state index in [9.17, 15) is 19.2 Å². The van der Waals surface area contributed by atoms with E-state index in [2.05, 4.69) is 95.1 Å². The summed E-state index contributed by atoms with van der Waals surface area (Å²) in [5.41, 5.74) is 5.89. The smallest absolute Gasteiger partial charge is 0.407 e. The Hall–Kier alpha value is -6.18. The molecule has 6 atom stereocenters. The number of hydrogen-bond acceptors (Lipinski definition) is 8. The van der Waals surface area contributed by atoms with Crippen LogP contribution in [0.15, 0.2) is 73.1 Å². The number of nitrogens with zero attached hydrogens (tertiary/aromatic N) is 4. The molecule has 2 fully saturated rings. The minimum absolute atomic E-state index is 0.132. The molecular formula is C45H54N8O6. The lowest BCUT2D eigenvalue weighted by Gasteiger charge is -2.39. The van der Waals surface area contributed by atoms with Gasteiger partial charge in [-0.25, -0.2) is 19.6 Å². The van der Waals surface area contributed by atoms with Gasteiger partial charge >= 0.3 is 12.2 Å². The number of likely N-dealkylation sites (tertiary alicyclic amines) is 2. The Labute approximate surface area is 344 Å². The number of carbonyl (C=O) groups excluding carboxylic acids is 4. The van der Waals surface area contributed by atoms with Gasteiger partial charge in [-0.05, 0) is 90.5 Å². The molecule has 7 rings (SSSR count). The zero-order valence-electron chi connectivity index (χ0n) is 34.6. The van der Waals surface area contributed by atoms with Crippen molar-refractivity contribution in [1.82, 2.24) is 40.4 Å². The molecule has 3 aromatic carbocycles. The summed E-state index contributed by atoms with van der Waals surface area (Å²) < 4.78 is 9.46. The highest BCUT2D eigenvalue weighted by Gasteiger charge is 2.37. The van der Waals surface area contributed by atoms with Gasteiger partial charge in [0.1, 0.15) is 23.7 Å². The average Bonchev–Trinajstić information content (AvgIpc) is 3.96. The highest BCUT2D eigenvalue weighted by molar-refractivity contribution is 5.91. The second kappa shape index (κ2) is 17.8. The Kier molecular flexibility index (Phi) is 12.3. The average molecular weight is 803 g/mol. The summed E-state index contributed by atoms with van der Waals surface area (Å²) in [6, 6.07) is 19.3. The number of hydrogen-bond donors (Lipinski definition) is 4. The Morgan fingerprint density at radius 1 is 0.678 bits per heavy atom. The number of aromatic nitrogens is 4. The minimum atomic E-state index is -0.723. The molecule has 14 nitrogen and oxygen atoms in total. The molecule has 4 heterocycles. The maximum absolute atomic E-state index is 13.6. The number of methoxy groups -OCH3 is 2. The summed E-state index contributed by atoms with van der Waals surface area (Å²) >= 11 is 0. The number of rotatable bonds is 10. The summed E-state index contributed by atoms with van der Waals surface area (Å²) in [4.78, 5) is 71.0. The Morgan fingerprint density at radius 2 is 1.15 bits per heavy atom. The monoisotopic (exact) mass is 802 g/mol. The summed E-state index contributed by atoms with van der Waals surface area (Å²) in [5, 5.41) is 7.48. The molecule has 0 bridgehead atoms. The summed E-state index contributed by atoms with van der Waals surface area (Å²) in [6.45, 7) is 8.98. The summed E-state index contributed by atoms with van der Waals surface area (Å²) in [6.07, 6.45) is 6.33. The largest absolute Gasteiger partial charge is 0.453 e. The molecule has 4 N–H and O–H groups in total. The first kappa shape index (κ1) is 41.0. The van der Waals surface area contributed by atoms with E-state index in [0.29, 0.717) is 31.3 Å². The number of H-pyrrole nitrogens is 2. The normalized spacial score (nSPS) is 20.4. The van der Waals surface area contributed by atoms with E-state index in [1.54, 1.807) is 6.92 Å². The second-order valence-electron chi connectivity index (χ2n) is 16.1. The van der Waals surface area contributed by atoms with Crippen LogP contribution in [0.3, 0.4) is 0 Å². The minimum Gasteiger partial charge on any atom is -0.453 e. The van der Waals surface area contributed by atoms with Gasteiger partial charge in [0.15, 0.2) is 0 Å². The van der Waals surface area contributed by atoms with Gasteiger partial charge in [0.05, 0.1) is 50.1 Å². The molecule has 5 aromatic rings. The van der Waals surface area contributed by atoms with Crippen LogP contribution in [-0.4, -0.2) is 93.1 Å². The van der Waals surface area contributed by atoms with Gasteiger partial charge in [-0.15, -0.1) is 0 Å². The van der Waals surface area contributed by atoms with Crippen LogP contribution >= 0.6 is 0 Å². The van der Waals surface area contributed by atoms with Gasteiger partial charge in [0.2, 0.25) is 11.8 Å². The first-order valence-electron chi connectivity index (χ1n) is 20.5. The van der Waals surface area contributed by atoms with Gasteiger partial charge in [0.25, 0.3) is 0 Å². The van der Waals surface area contributed by atoms with Crippen molar-refractivity contribution in [3.8, 4) is 33.6 Å². The topological polar surface area (TPSA) is 175 Å². The van der Waals surface area contributed by atoms with Crippen molar-refractivity contribution >= 4 is 34.8 Å². The Morgan fingerprint density at radius 3 is 1.71 bits per heavy atom. The van der Waals surface area contributed by atoms with Gasteiger partial charge in [-0.3, -0.25) is 9.59 Å². The molecule has 2 aromatic heterocycles. The van der Waals surface area contributed by atoms with Crippen molar-refractivity contribution in [2.24, 2.45) is 11.8 Å². The van der Waals surface area contributed by atoms with Crippen LogP contribution in [0.5, 0.6) is 0 Å². The standard InChI is InChI=1S/C45H54N8O6/c1-7-35(51-45(57)59-6)43(55)53-25-27(3)9-19-39(53)41-46-22-36(49-41)30-12-10-29(11-13-30)31-14-15-33-21-34(17-16-32(33)20-31)37-23-47-40(50-37)38-18-8-26(2)24-52(38)42(54)28(4)48-44(56)58-5/h10-17,20-23,26-28,35,38-39H,7-9,18-19,24-25H2,1-6H3,(H,46,49)(H,47,50)(H,48,56)(H,51,57)/t26-,27?,28-,35-,38-,39-/m0/s1. The lowest BCUT2D eigenvalue weighted by Crippen LogP contribution is -2.52. The highest BCUT2D eigenvalue weighted by atomic mass is 16.5. The molecular weight excluding hydrogens is 749 g/mol. The molecule has 310 valence electrons. The highest BCUT2D eigenvalue weighted by Crippen LogP contribution is 2.36. The predicted octanol–water partition coefficient (Wildman–Crippen LogP) is 7.77. The van der Waals surface area contributed by atoms with E-state index in [1.807, 2.05) is 29.1 Å². The number of aromatic amines is 2. The molecule has 0 spiro atoms. The molecule has 59 heavy (non-hydrogen) atoms. The molecule has 2 aliphatic rings. The van der Waals surface area contributed by atoms with E-state index >= 15 is 0 Å². The van der Waals surface area contributed by atoms with Gasteiger partial charge in [-0.2, -0.15) is 0 Å². The van der Waals surface area contributed by atoms with Gasteiger partial charge < -0.3 is 39.9 Å². The molecule has 4 amide bonds. The third-order valence-electron chi connectivity index (χ3n) is 11.8. The molecule has 0 radical (unpaired) electrons. The SMILES string of the molecule is CC[C@H](NC(=O)OC)C(=O)N1CC(C)CC[C@H]1c1ncc(-c2ccc(-c3ccc4cc(-c5cnc([C@@H]6CC[C@H](C)CN6C(=O)[C@H](C)NC(=O)OC)[nH]5)ccc4c3)cc2)[nH]1. The van der Waals surface area contributed by atoms with Crippen molar-refractivity contribution < 1.29 is 28.7 Å². The zero-order chi connectivity index (χ0) is 41.8. The number of amides is 4. The maximum atomic E-state index is 13.6. The van der Waals surface area contributed by atoms with E-state index in [4.69, 9.17) is 19.4 Å². The molecule has 14 heteroatoms. The first-order chi connectivity index (χ1) is 28.5. The fourth-order valence-corrected chi connectivity index (χ4v) is 8.39. The zero-order valence-corrected chi connectivity index (χ0v) is 34.6. The Bertz CT molecular complexity index is 2300. The van der Waals surface area contributed by atoms with Crippen molar-refractivity contribution in [2.75, 3.05) is 27.3 Å². The van der Waals surface area contributed by atoms with E-state index in [1.165, 1.54) is 14.2 Å². The van der Waals surface area contributed by atoms with E-state index in [-0.39, 0.29) is 23.9 Å². The molecule has 2 saturated heterocycles. The van der Waals surface area contributed by atoms with Crippen LogP contribution < -0.4 is 10.6 Å². The van der Waals surface area contributed by atoms with Crippen LogP contribution in [0.1, 0.15) is 83.5 Å². The number of imidazole rings is 2. The first-order valence-corrected chi connectivity index (χ1v) is 20.5. The number of ether oxygens (including phenoxy) is 2. The van der Waals surface area contributed by atoms with Crippen molar-refractivity contribution in [2.45, 2.75) is 84.0 Å². The lowest BCUT2D eigenvalue weighted by molar-refractivity contribution is -0.139. The van der Waals surface area contributed by atoms with Crippen LogP contribution in [0.2, 0.25) is 0 Å². The number of piperidine rings is 2. The molecule has 0 saturated carbocycles. The third-order valence-corrected chi connectivity index (χ3v) is 11.8. The van der Waals surface area contributed by atoms with Crippen molar-refractivity contribution in [1.29, 1.82) is 0 Å². The summed E-state index contributed by atoms with van der Waals surface area (Å²) in [5.74, 6) is 1.84. The maximum Gasteiger partial charge on any atom is 0.407 e. The van der Waals surface area contributed by atoms with Crippen LogP contribution in [0.25, 0.3) is 44.4 Å². The van der Waals surface area contributed by atoms with Gasteiger partial charge in [0, 0.05) is 18.7 Å². The Balaban J connectivity index is 1.04.